The highest BCUT2D eigenvalue weighted by atomic mass is 32.2. The monoisotopic (exact) mass is 438 g/mol. The number of thiocarbonyl (C=S) groups is 1. The fraction of sp³-hybridized carbons (Fsp3) is 0.364. The molecule has 1 aromatic carbocycles. The number of anilines is 1. The van der Waals surface area contributed by atoms with Crippen molar-refractivity contribution in [1.82, 2.24) is 9.88 Å². The number of nitriles is 1. The number of hydrogen-bond donors (Lipinski definition) is 0. The van der Waals surface area contributed by atoms with Crippen molar-refractivity contribution < 1.29 is 9.21 Å². The molecule has 2 aliphatic rings. The molecule has 0 saturated carbocycles. The topological polar surface area (TPSA) is 73.4 Å². The zero-order chi connectivity index (χ0) is 20.9. The van der Waals surface area contributed by atoms with E-state index in [9.17, 15) is 10.1 Å². The second kappa shape index (κ2) is 9.45. The van der Waals surface area contributed by atoms with E-state index in [-0.39, 0.29) is 17.5 Å². The second-order valence-corrected chi connectivity index (χ2v) is 8.96. The molecule has 8 heteroatoms. The van der Waals surface area contributed by atoms with Crippen molar-refractivity contribution >= 4 is 46.2 Å². The number of aromatic nitrogens is 1. The summed E-state index contributed by atoms with van der Waals surface area (Å²) in [7, 11) is 0. The van der Waals surface area contributed by atoms with Crippen LogP contribution in [-0.4, -0.2) is 39.7 Å². The number of nitrogens with zero attached hydrogens (tertiary/aromatic N) is 4. The first-order chi connectivity index (χ1) is 14.7. The number of carbonyl (C=O) groups excluding carboxylic acids is 1. The largest absolute Gasteiger partial charge is 0.420 e. The van der Waals surface area contributed by atoms with Crippen LogP contribution < -0.4 is 4.90 Å². The Kier molecular flexibility index (Phi) is 6.50. The van der Waals surface area contributed by atoms with Gasteiger partial charge in [-0.15, -0.1) is 0 Å². The van der Waals surface area contributed by atoms with E-state index < -0.39 is 0 Å². The minimum absolute atomic E-state index is 0.144. The number of thioether (sulfide) groups is 1. The summed E-state index contributed by atoms with van der Waals surface area (Å²) in [6.45, 7) is 2.23. The Balaban J connectivity index is 1.50. The molecule has 3 heterocycles. The summed E-state index contributed by atoms with van der Waals surface area (Å²) >= 11 is 6.66. The first kappa shape index (κ1) is 20.6. The molecule has 2 aromatic rings. The average Bonchev–Trinajstić information content (AvgIpc) is 3.14. The first-order valence-electron chi connectivity index (χ1n) is 10.1. The third-order valence-corrected chi connectivity index (χ3v) is 6.60. The van der Waals surface area contributed by atoms with E-state index in [0.717, 1.165) is 37.9 Å². The van der Waals surface area contributed by atoms with Crippen molar-refractivity contribution in [2.75, 3.05) is 24.5 Å². The molecule has 0 radical (unpaired) electrons. The Bertz CT molecular complexity index is 1000. The maximum absolute atomic E-state index is 12.9. The third kappa shape index (κ3) is 4.58. The van der Waals surface area contributed by atoms with Crippen molar-refractivity contribution in [3.8, 4) is 6.07 Å². The lowest BCUT2D eigenvalue weighted by Crippen LogP contribution is -2.30. The van der Waals surface area contributed by atoms with Crippen LogP contribution in [0.15, 0.2) is 39.7 Å². The van der Waals surface area contributed by atoms with Gasteiger partial charge in [-0.2, -0.15) is 10.2 Å². The molecule has 30 heavy (non-hydrogen) atoms. The molecule has 2 aliphatic heterocycles. The Labute approximate surface area is 185 Å². The molecule has 0 aliphatic carbocycles. The Morgan fingerprint density at radius 2 is 1.93 bits per heavy atom. The number of rotatable bonds is 5. The summed E-state index contributed by atoms with van der Waals surface area (Å²) in [6.07, 6.45) is 6.85. The molecule has 154 valence electrons. The normalized spacial score (nSPS) is 18.7. The van der Waals surface area contributed by atoms with Gasteiger partial charge in [0.2, 0.25) is 17.5 Å². The fourth-order valence-corrected chi connectivity index (χ4v) is 4.91. The summed E-state index contributed by atoms with van der Waals surface area (Å²) < 4.78 is 6.43. The third-order valence-electron chi connectivity index (χ3n) is 5.22. The van der Waals surface area contributed by atoms with Gasteiger partial charge in [-0.1, -0.05) is 67.2 Å². The second-order valence-electron chi connectivity index (χ2n) is 7.29. The fourth-order valence-electron chi connectivity index (χ4n) is 3.64. The molecule has 4 rings (SSSR count). The molecule has 0 N–H and O–H groups in total. The maximum atomic E-state index is 12.9. The van der Waals surface area contributed by atoms with Crippen LogP contribution in [0.1, 0.15) is 42.8 Å². The zero-order valence-electron chi connectivity index (χ0n) is 16.5. The molecule has 1 aromatic heterocycles. The van der Waals surface area contributed by atoms with E-state index >= 15 is 0 Å². The Hall–Kier alpha value is -2.63. The van der Waals surface area contributed by atoms with Crippen LogP contribution in [0, 0.1) is 11.3 Å². The Morgan fingerprint density at radius 1 is 1.20 bits per heavy atom. The molecule has 2 saturated heterocycles. The smallest absolute Gasteiger partial charge is 0.266 e. The van der Waals surface area contributed by atoms with Gasteiger partial charge in [0.15, 0.2) is 0 Å². The SMILES string of the molecule is N#Cc1nc(C=C2SC(=S)N(CCc3ccccc3)C2=O)oc1N1CCCCCC1. The molecule has 0 bridgehead atoms. The van der Waals surface area contributed by atoms with E-state index in [1.165, 1.54) is 24.6 Å². The molecular formula is C22H22N4O2S2. The van der Waals surface area contributed by atoms with Gasteiger partial charge in [-0.3, -0.25) is 9.69 Å². The van der Waals surface area contributed by atoms with Gasteiger partial charge >= 0.3 is 0 Å². The van der Waals surface area contributed by atoms with E-state index in [1.54, 1.807) is 11.0 Å². The van der Waals surface area contributed by atoms with E-state index in [1.807, 2.05) is 30.3 Å². The maximum Gasteiger partial charge on any atom is 0.266 e. The lowest BCUT2D eigenvalue weighted by Gasteiger charge is -2.18. The van der Waals surface area contributed by atoms with Gasteiger partial charge < -0.3 is 9.32 Å². The highest BCUT2D eigenvalue weighted by Crippen LogP contribution is 2.34. The number of carbonyl (C=O) groups is 1. The van der Waals surface area contributed by atoms with Gasteiger partial charge in [0.1, 0.15) is 10.4 Å². The minimum Gasteiger partial charge on any atom is -0.420 e. The van der Waals surface area contributed by atoms with Crippen molar-refractivity contribution in [3.63, 3.8) is 0 Å². The summed E-state index contributed by atoms with van der Waals surface area (Å²) in [5.41, 5.74) is 1.42. The number of amides is 1. The molecular weight excluding hydrogens is 416 g/mol. The van der Waals surface area contributed by atoms with Crippen LogP contribution in [0.2, 0.25) is 0 Å². The molecule has 0 atom stereocenters. The Morgan fingerprint density at radius 3 is 2.63 bits per heavy atom. The predicted molar refractivity (Wildman–Crippen MR) is 122 cm³/mol. The van der Waals surface area contributed by atoms with Crippen LogP contribution >= 0.6 is 24.0 Å². The van der Waals surface area contributed by atoms with Crippen molar-refractivity contribution in [2.45, 2.75) is 32.1 Å². The van der Waals surface area contributed by atoms with Crippen LogP contribution in [0.4, 0.5) is 5.88 Å². The van der Waals surface area contributed by atoms with E-state index in [2.05, 4.69) is 16.0 Å². The summed E-state index contributed by atoms with van der Waals surface area (Å²) in [6, 6.07) is 12.1. The lowest BCUT2D eigenvalue weighted by atomic mass is 10.1. The predicted octanol–water partition coefficient (Wildman–Crippen LogP) is 4.37. The number of oxazole rings is 1. The molecule has 2 fully saturated rings. The number of hydrogen-bond acceptors (Lipinski definition) is 7. The molecule has 6 nitrogen and oxygen atoms in total. The highest BCUT2D eigenvalue weighted by Gasteiger charge is 2.32. The van der Waals surface area contributed by atoms with Gasteiger partial charge in [0.05, 0.1) is 4.91 Å². The minimum atomic E-state index is -0.144. The van der Waals surface area contributed by atoms with Crippen LogP contribution in [0.3, 0.4) is 0 Å². The van der Waals surface area contributed by atoms with Crippen molar-refractivity contribution in [2.24, 2.45) is 0 Å². The van der Waals surface area contributed by atoms with Crippen molar-refractivity contribution in [3.05, 3.63) is 52.4 Å². The highest BCUT2D eigenvalue weighted by molar-refractivity contribution is 8.26. The van der Waals surface area contributed by atoms with Crippen LogP contribution in [0.25, 0.3) is 6.08 Å². The molecule has 1 amide bonds. The summed E-state index contributed by atoms with van der Waals surface area (Å²) in [5, 5.41) is 9.49. The van der Waals surface area contributed by atoms with Crippen LogP contribution in [0.5, 0.6) is 0 Å². The van der Waals surface area contributed by atoms with Gasteiger partial charge in [0.25, 0.3) is 5.91 Å². The summed E-state index contributed by atoms with van der Waals surface area (Å²) in [5.74, 6) is 0.633. The number of benzene rings is 1. The van der Waals surface area contributed by atoms with Gasteiger partial charge in [-0.05, 0) is 24.8 Å². The van der Waals surface area contributed by atoms with Crippen molar-refractivity contribution in [1.29, 1.82) is 5.26 Å². The quantitative estimate of drug-likeness (QED) is 0.507. The lowest BCUT2D eigenvalue weighted by molar-refractivity contribution is -0.122. The zero-order valence-corrected chi connectivity index (χ0v) is 18.2. The van der Waals surface area contributed by atoms with Crippen LogP contribution in [-0.2, 0) is 11.2 Å². The van der Waals surface area contributed by atoms with Gasteiger partial charge in [-0.25, -0.2) is 0 Å². The first-order valence-corrected chi connectivity index (χ1v) is 11.3. The molecule has 0 unspecified atom stereocenters. The average molecular weight is 439 g/mol. The summed E-state index contributed by atoms with van der Waals surface area (Å²) in [4.78, 5) is 21.3. The standard InChI is InChI=1S/C22H22N4O2S2/c23-15-17-21(25-11-6-1-2-7-12-25)28-19(24-17)14-18-20(27)26(22(29)30-18)13-10-16-8-4-3-5-9-16/h3-5,8-9,14H,1-2,6-7,10-13H2. The molecule has 0 spiro atoms. The van der Waals surface area contributed by atoms with E-state index in [0.29, 0.717) is 21.7 Å². The van der Waals surface area contributed by atoms with Gasteiger partial charge in [0, 0.05) is 25.7 Å². The van der Waals surface area contributed by atoms with E-state index in [4.69, 9.17) is 16.6 Å².